The summed E-state index contributed by atoms with van der Waals surface area (Å²) >= 11 is 0. The number of likely N-dealkylation sites (N-methyl/N-ethyl adjacent to an activating group) is 1. The third kappa shape index (κ3) is 69.5. The Labute approximate surface area is 530 Å². The van der Waals surface area contributed by atoms with Gasteiger partial charge in [-0.25, -0.2) is 0 Å². The van der Waals surface area contributed by atoms with Crippen molar-refractivity contribution in [3.63, 3.8) is 0 Å². The quantitative estimate of drug-likeness (QED) is 0.0195. The van der Waals surface area contributed by atoms with Crippen LogP contribution < -0.4 is 4.89 Å². The van der Waals surface area contributed by atoms with Crippen molar-refractivity contribution in [3.05, 3.63) is 122 Å². The Hall–Kier alpha value is -3.59. The summed E-state index contributed by atoms with van der Waals surface area (Å²) in [5.74, 6) is -0.834. The fraction of sp³-hybridized carbons (Fsp3) is 0.711. The molecule has 0 saturated carbocycles. The number of allylic oxidation sites excluding steroid dienone is 20. The van der Waals surface area contributed by atoms with Gasteiger partial charge in [0, 0.05) is 12.8 Å². The molecule has 0 spiro atoms. The smallest absolute Gasteiger partial charge is 0.306 e. The van der Waals surface area contributed by atoms with E-state index in [1.165, 1.54) is 161 Å². The van der Waals surface area contributed by atoms with Crippen LogP contribution >= 0.6 is 7.82 Å². The summed E-state index contributed by atoms with van der Waals surface area (Å²) in [5, 5.41) is 0. The van der Waals surface area contributed by atoms with Crippen molar-refractivity contribution in [2.45, 2.75) is 302 Å². The molecule has 0 aromatic carbocycles. The summed E-state index contributed by atoms with van der Waals surface area (Å²) < 4.78 is 34.3. The zero-order valence-electron chi connectivity index (χ0n) is 56.2. The van der Waals surface area contributed by atoms with Gasteiger partial charge in [0.15, 0.2) is 6.10 Å². The van der Waals surface area contributed by atoms with Crippen LogP contribution in [0.15, 0.2) is 122 Å². The number of unbranched alkanes of at least 4 members (excludes halogenated alkanes) is 30. The van der Waals surface area contributed by atoms with E-state index < -0.39 is 26.5 Å². The number of hydrogen-bond donors (Lipinski definition) is 0. The fourth-order valence-electron chi connectivity index (χ4n) is 9.59. The Balaban J connectivity index is 4.08. The predicted octanol–water partition coefficient (Wildman–Crippen LogP) is 22.4. The number of rotatable bonds is 64. The Bertz CT molecular complexity index is 1870. The number of carbonyl (C=O) groups is 2. The third-order valence-corrected chi connectivity index (χ3v) is 15.9. The van der Waals surface area contributed by atoms with Crippen LogP contribution in [0.3, 0.4) is 0 Å². The molecule has 0 aromatic rings. The highest BCUT2D eigenvalue weighted by Crippen LogP contribution is 2.38. The van der Waals surface area contributed by atoms with Gasteiger partial charge in [0.1, 0.15) is 19.8 Å². The molecule has 0 saturated heterocycles. The van der Waals surface area contributed by atoms with Gasteiger partial charge in [0.05, 0.1) is 27.7 Å². The Morgan fingerprint density at radius 3 is 1.00 bits per heavy atom. The van der Waals surface area contributed by atoms with E-state index in [9.17, 15) is 19.0 Å². The van der Waals surface area contributed by atoms with Crippen molar-refractivity contribution in [1.29, 1.82) is 0 Å². The molecule has 0 rings (SSSR count). The topological polar surface area (TPSA) is 111 Å². The van der Waals surface area contributed by atoms with E-state index in [1.54, 1.807) is 0 Å². The molecule has 0 aliphatic carbocycles. The van der Waals surface area contributed by atoms with Crippen molar-refractivity contribution >= 4 is 19.8 Å². The predicted molar refractivity (Wildman–Crippen MR) is 369 cm³/mol. The molecular formula is C76H132NO8P. The zero-order valence-corrected chi connectivity index (χ0v) is 57.1. The van der Waals surface area contributed by atoms with Crippen LogP contribution in [0.25, 0.3) is 0 Å². The molecule has 494 valence electrons. The molecular weight excluding hydrogens is 1090 g/mol. The number of hydrogen-bond acceptors (Lipinski definition) is 8. The third-order valence-electron chi connectivity index (χ3n) is 15.0. The van der Waals surface area contributed by atoms with Crippen LogP contribution in [0.4, 0.5) is 0 Å². The van der Waals surface area contributed by atoms with Crippen molar-refractivity contribution < 1.29 is 42.1 Å². The number of quaternary nitrogens is 1. The van der Waals surface area contributed by atoms with Crippen LogP contribution in [0.5, 0.6) is 0 Å². The molecule has 0 radical (unpaired) electrons. The minimum atomic E-state index is -4.65. The highest BCUT2D eigenvalue weighted by Gasteiger charge is 2.22. The Kier molecular flexibility index (Phi) is 63.1. The highest BCUT2D eigenvalue weighted by atomic mass is 31.2. The first kappa shape index (κ1) is 82.4. The van der Waals surface area contributed by atoms with Crippen LogP contribution in [0.2, 0.25) is 0 Å². The molecule has 0 N–H and O–H groups in total. The van der Waals surface area contributed by atoms with Gasteiger partial charge in [-0.05, 0) is 109 Å². The van der Waals surface area contributed by atoms with Crippen molar-refractivity contribution in [1.82, 2.24) is 0 Å². The van der Waals surface area contributed by atoms with Gasteiger partial charge in [-0.2, -0.15) is 0 Å². The average molecular weight is 1220 g/mol. The lowest BCUT2D eigenvalue weighted by Crippen LogP contribution is -2.37. The van der Waals surface area contributed by atoms with Gasteiger partial charge in [-0.1, -0.05) is 296 Å². The van der Waals surface area contributed by atoms with Gasteiger partial charge in [0.2, 0.25) is 0 Å². The van der Waals surface area contributed by atoms with E-state index in [1.807, 2.05) is 21.1 Å². The highest BCUT2D eigenvalue weighted by molar-refractivity contribution is 7.45. The molecule has 0 fully saturated rings. The van der Waals surface area contributed by atoms with Crippen LogP contribution in [0, 0.1) is 0 Å². The van der Waals surface area contributed by atoms with Crippen molar-refractivity contribution in [2.24, 2.45) is 0 Å². The van der Waals surface area contributed by atoms with Gasteiger partial charge >= 0.3 is 11.9 Å². The van der Waals surface area contributed by atoms with Crippen LogP contribution in [-0.4, -0.2) is 70.0 Å². The molecule has 0 heterocycles. The second kappa shape index (κ2) is 65.8. The van der Waals surface area contributed by atoms with E-state index in [4.69, 9.17) is 18.5 Å². The lowest BCUT2D eigenvalue weighted by atomic mass is 10.0. The van der Waals surface area contributed by atoms with E-state index in [-0.39, 0.29) is 32.0 Å². The van der Waals surface area contributed by atoms with Crippen molar-refractivity contribution in [2.75, 3.05) is 47.5 Å². The lowest BCUT2D eigenvalue weighted by Gasteiger charge is -2.28. The largest absolute Gasteiger partial charge is 0.756 e. The Morgan fingerprint density at radius 1 is 0.372 bits per heavy atom. The van der Waals surface area contributed by atoms with Crippen LogP contribution in [0.1, 0.15) is 296 Å². The minimum Gasteiger partial charge on any atom is -0.756 e. The van der Waals surface area contributed by atoms with Gasteiger partial charge in [0.25, 0.3) is 7.82 Å². The minimum absolute atomic E-state index is 0.0355. The zero-order chi connectivity index (χ0) is 62.6. The first-order valence-electron chi connectivity index (χ1n) is 35.2. The first-order chi connectivity index (χ1) is 42.0. The van der Waals surface area contributed by atoms with Gasteiger partial charge in [-0.15, -0.1) is 0 Å². The molecule has 0 amide bonds. The van der Waals surface area contributed by atoms with Gasteiger partial charge in [-0.3, -0.25) is 14.2 Å². The van der Waals surface area contributed by atoms with Gasteiger partial charge < -0.3 is 27.9 Å². The summed E-state index contributed by atoms with van der Waals surface area (Å²) in [6, 6.07) is 0. The Morgan fingerprint density at radius 2 is 0.663 bits per heavy atom. The molecule has 10 heteroatoms. The van der Waals surface area contributed by atoms with E-state index in [0.717, 1.165) is 103 Å². The molecule has 2 atom stereocenters. The first-order valence-corrected chi connectivity index (χ1v) is 36.7. The maximum absolute atomic E-state index is 12.9. The summed E-state index contributed by atoms with van der Waals surface area (Å²) in [4.78, 5) is 38.1. The summed E-state index contributed by atoms with van der Waals surface area (Å²) in [7, 11) is 1.16. The normalized spacial score (nSPS) is 13.9. The SMILES string of the molecule is CC/C=C\C/C=C\C/C=C\C/C=C\C/C=C\C/C=C\C/C=C\C/C=C\C/C=C\CCCCCCCCCCCCCC(=O)OC(COC(=O)CCCCCCCCCCCCC/C=C\CCCCCCCCCC)COP(=O)([O-])OCC[N+](C)(C)C. The molecule has 0 aliphatic rings. The van der Waals surface area contributed by atoms with E-state index >= 15 is 0 Å². The van der Waals surface area contributed by atoms with Crippen molar-refractivity contribution in [3.8, 4) is 0 Å². The second-order valence-electron chi connectivity index (χ2n) is 24.5. The molecule has 0 aliphatic heterocycles. The summed E-state index contributed by atoms with van der Waals surface area (Å²) in [5.41, 5.74) is 0. The molecule has 0 bridgehead atoms. The standard InChI is InChI=1S/C76H132NO8P/c1-6-8-10-12-14-16-18-20-22-24-26-28-30-31-32-33-34-35-36-37-38-39-40-41-42-43-44-45-47-49-51-53-55-57-59-61-63-65-67-69-76(79)85-74(73-84-86(80,81)83-71-70-77(3,4)5)72-82-75(78)68-66-64-62-60-58-56-54-52-50-48-46-29-27-25-23-21-19-17-15-13-11-9-7-2/h8,10,14,16,20,22,25-28,31-32,34-35,37-38,40-41,43-44,74H,6-7,9,11-13,15,17-19,21,23-24,29-30,33,36,39,42,45-73H2,1-5H3/b10-8-,16-14-,22-20-,27-25-,28-26-,32-31-,35-34-,38-37-,41-40-,44-43-. The van der Waals surface area contributed by atoms with E-state index in [2.05, 4.69) is 135 Å². The summed E-state index contributed by atoms with van der Waals surface area (Å²) in [6.45, 7) is 4.14. The maximum atomic E-state index is 12.9. The fourth-order valence-corrected chi connectivity index (χ4v) is 10.3. The number of phosphoric ester groups is 1. The number of esters is 2. The molecule has 2 unspecified atom stereocenters. The molecule has 9 nitrogen and oxygen atoms in total. The number of carbonyl (C=O) groups excluding carboxylic acids is 2. The lowest BCUT2D eigenvalue weighted by molar-refractivity contribution is -0.870. The second-order valence-corrected chi connectivity index (χ2v) is 25.9. The molecule has 0 aromatic heterocycles. The number of phosphoric acid groups is 1. The average Bonchev–Trinajstić information content (AvgIpc) is 3.56. The summed E-state index contributed by atoms with van der Waals surface area (Å²) in [6.07, 6.45) is 94.1. The van der Waals surface area contributed by atoms with Crippen LogP contribution in [-0.2, 0) is 32.7 Å². The monoisotopic (exact) mass is 1220 g/mol. The van der Waals surface area contributed by atoms with E-state index in [0.29, 0.717) is 17.4 Å². The number of ether oxygens (including phenoxy) is 2. The number of nitrogens with zero attached hydrogens (tertiary/aromatic N) is 1. The maximum Gasteiger partial charge on any atom is 0.306 e. The molecule has 86 heavy (non-hydrogen) atoms.